The van der Waals surface area contributed by atoms with Crippen molar-refractivity contribution in [1.29, 1.82) is 0 Å². The highest BCUT2D eigenvalue weighted by atomic mass is 35.5. The van der Waals surface area contributed by atoms with Gasteiger partial charge in [-0.2, -0.15) is 4.31 Å². The highest BCUT2D eigenvalue weighted by molar-refractivity contribution is 7.89. The largest absolute Gasteiger partial charge is 0.350 e. The summed E-state index contributed by atoms with van der Waals surface area (Å²) >= 11 is 5.97. The maximum Gasteiger partial charge on any atom is 0.251 e. The van der Waals surface area contributed by atoms with Crippen LogP contribution in [0.15, 0.2) is 53.4 Å². The number of nitrogens with one attached hydrogen (secondary N) is 2. The van der Waals surface area contributed by atoms with E-state index >= 15 is 0 Å². The Morgan fingerprint density at radius 2 is 1.74 bits per heavy atom. The number of amides is 2. The minimum Gasteiger partial charge on any atom is -0.350 e. The van der Waals surface area contributed by atoms with Crippen LogP contribution in [0.4, 0.5) is 0 Å². The van der Waals surface area contributed by atoms with Crippen LogP contribution < -0.4 is 10.6 Å². The maximum absolute atomic E-state index is 13.7. The van der Waals surface area contributed by atoms with E-state index in [9.17, 15) is 18.0 Å². The molecule has 1 aliphatic carbocycles. The van der Waals surface area contributed by atoms with Gasteiger partial charge in [0.25, 0.3) is 5.91 Å². The number of rotatable bonds is 7. The summed E-state index contributed by atoms with van der Waals surface area (Å²) in [6, 6.07) is 12.2. The van der Waals surface area contributed by atoms with Crippen molar-refractivity contribution in [3.8, 4) is 0 Å². The molecule has 182 valence electrons. The van der Waals surface area contributed by atoms with Crippen molar-refractivity contribution in [2.75, 3.05) is 0 Å². The summed E-state index contributed by atoms with van der Waals surface area (Å²) in [5.41, 5.74) is 0.812. The maximum atomic E-state index is 13.7. The van der Waals surface area contributed by atoms with E-state index < -0.39 is 21.6 Å². The lowest BCUT2D eigenvalue weighted by Crippen LogP contribution is -2.52. The first-order valence-electron chi connectivity index (χ1n) is 11.5. The Hall–Kier alpha value is -2.42. The Morgan fingerprint density at radius 3 is 2.35 bits per heavy atom. The summed E-state index contributed by atoms with van der Waals surface area (Å²) in [6.45, 7) is 3.89. The lowest BCUT2D eigenvalue weighted by molar-refractivity contribution is -0.126. The molecular formula is C25H30ClN3O4S. The number of halogens is 1. The van der Waals surface area contributed by atoms with E-state index in [-0.39, 0.29) is 29.3 Å². The van der Waals surface area contributed by atoms with Crippen LogP contribution in [0.25, 0.3) is 0 Å². The molecule has 34 heavy (non-hydrogen) atoms. The van der Waals surface area contributed by atoms with Gasteiger partial charge in [-0.15, -0.1) is 0 Å². The van der Waals surface area contributed by atoms with Crippen LogP contribution in [-0.2, 0) is 21.4 Å². The van der Waals surface area contributed by atoms with Crippen LogP contribution >= 0.6 is 11.6 Å². The number of nitrogens with zero attached hydrogens (tertiary/aromatic N) is 1. The van der Waals surface area contributed by atoms with Crippen LogP contribution in [-0.4, -0.2) is 42.2 Å². The zero-order chi connectivity index (χ0) is 24.5. The molecule has 2 aliphatic rings. The molecule has 9 heteroatoms. The third kappa shape index (κ3) is 5.79. The van der Waals surface area contributed by atoms with E-state index in [2.05, 4.69) is 10.6 Å². The third-order valence-electron chi connectivity index (χ3n) is 6.28. The molecule has 1 heterocycles. The van der Waals surface area contributed by atoms with Crippen LogP contribution in [0.1, 0.15) is 61.9 Å². The van der Waals surface area contributed by atoms with E-state index in [1.807, 2.05) is 13.8 Å². The van der Waals surface area contributed by atoms with E-state index in [0.717, 1.165) is 19.3 Å². The fourth-order valence-corrected chi connectivity index (χ4v) is 5.90. The van der Waals surface area contributed by atoms with Gasteiger partial charge in [0.05, 0.1) is 4.90 Å². The molecule has 0 spiro atoms. The highest BCUT2D eigenvalue weighted by Crippen LogP contribution is 2.28. The first kappa shape index (κ1) is 24.7. The number of carbonyl (C=O) groups excluding carboxylic acids is 2. The highest BCUT2D eigenvalue weighted by Gasteiger charge is 2.39. The third-order valence-corrected chi connectivity index (χ3v) is 8.40. The lowest BCUT2D eigenvalue weighted by atomic mass is 9.99. The van der Waals surface area contributed by atoms with Gasteiger partial charge in [-0.3, -0.25) is 9.59 Å². The van der Waals surface area contributed by atoms with E-state index in [1.165, 1.54) is 28.6 Å². The summed E-state index contributed by atoms with van der Waals surface area (Å²) in [6.07, 6.45) is 3.89. The van der Waals surface area contributed by atoms with Gasteiger partial charge < -0.3 is 10.6 Å². The second-order valence-electron chi connectivity index (χ2n) is 9.73. The first-order valence-corrected chi connectivity index (χ1v) is 13.4. The van der Waals surface area contributed by atoms with Crippen LogP contribution in [0.3, 0.4) is 0 Å². The van der Waals surface area contributed by atoms with Crippen molar-refractivity contribution in [2.45, 2.75) is 75.0 Å². The molecule has 0 aromatic heterocycles. The molecule has 2 amide bonds. The molecule has 0 bridgehead atoms. The zero-order valence-electron chi connectivity index (χ0n) is 19.4. The van der Waals surface area contributed by atoms with Crippen molar-refractivity contribution in [2.24, 2.45) is 0 Å². The summed E-state index contributed by atoms with van der Waals surface area (Å²) in [7, 11) is -4.00. The van der Waals surface area contributed by atoms with Gasteiger partial charge in [-0.25, -0.2) is 8.42 Å². The van der Waals surface area contributed by atoms with Gasteiger partial charge in [0.1, 0.15) is 6.04 Å². The molecule has 2 N–H and O–H groups in total. The first-order chi connectivity index (χ1) is 16.0. The second-order valence-corrected chi connectivity index (χ2v) is 12.1. The summed E-state index contributed by atoms with van der Waals surface area (Å²) in [5, 5.41) is 6.37. The molecule has 7 nitrogen and oxygen atoms in total. The summed E-state index contributed by atoms with van der Waals surface area (Å²) < 4.78 is 28.7. The predicted molar refractivity (Wildman–Crippen MR) is 131 cm³/mol. The van der Waals surface area contributed by atoms with Crippen molar-refractivity contribution in [3.05, 3.63) is 64.7 Å². The number of hydrogen-bond acceptors (Lipinski definition) is 4. The lowest BCUT2D eigenvalue weighted by Gasteiger charge is -2.30. The number of benzene rings is 2. The average molecular weight is 504 g/mol. The van der Waals surface area contributed by atoms with E-state index in [1.54, 1.807) is 24.3 Å². The van der Waals surface area contributed by atoms with Gasteiger partial charge in [0, 0.05) is 28.7 Å². The van der Waals surface area contributed by atoms with Crippen molar-refractivity contribution in [3.63, 3.8) is 0 Å². The minimum absolute atomic E-state index is 0.00794. The minimum atomic E-state index is -4.00. The molecule has 2 aromatic rings. The molecule has 1 aliphatic heterocycles. The summed E-state index contributed by atoms with van der Waals surface area (Å²) in [4.78, 5) is 25.5. The fourth-order valence-electron chi connectivity index (χ4n) is 4.17. The van der Waals surface area contributed by atoms with Gasteiger partial charge in [-0.1, -0.05) is 23.7 Å². The molecule has 0 radical (unpaired) electrons. The smallest absolute Gasteiger partial charge is 0.251 e. The van der Waals surface area contributed by atoms with Crippen molar-refractivity contribution < 1.29 is 18.0 Å². The molecule has 1 unspecified atom stereocenters. The van der Waals surface area contributed by atoms with E-state index in [4.69, 9.17) is 11.6 Å². The Labute approximate surface area is 205 Å². The van der Waals surface area contributed by atoms with Gasteiger partial charge in [0.2, 0.25) is 15.9 Å². The molecule has 2 fully saturated rings. The van der Waals surface area contributed by atoms with E-state index in [0.29, 0.717) is 29.0 Å². The number of carbonyl (C=O) groups is 2. The predicted octanol–water partition coefficient (Wildman–Crippen LogP) is 3.87. The summed E-state index contributed by atoms with van der Waals surface area (Å²) in [5.74, 6) is -0.439. The molecular weight excluding hydrogens is 474 g/mol. The number of hydrogen-bond donors (Lipinski definition) is 2. The monoisotopic (exact) mass is 503 g/mol. The normalized spacial score (nSPS) is 20.5. The molecule has 1 saturated carbocycles. The Balaban J connectivity index is 1.64. The second kappa shape index (κ2) is 9.68. The van der Waals surface area contributed by atoms with Crippen LogP contribution in [0, 0.1) is 0 Å². The zero-order valence-corrected chi connectivity index (χ0v) is 21.0. The van der Waals surface area contributed by atoms with Crippen LogP contribution in [0.5, 0.6) is 0 Å². The van der Waals surface area contributed by atoms with Crippen LogP contribution in [0.2, 0.25) is 5.02 Å². The molecule has 1 atom stereocenters. The quantitative estimate of drug-likeness (QED) is 0.599. The van der Waals surface area contributed by atoms with Gasteiger partial charge >= 0.3 is 0 Å². The topological polar surface area (TPSA) is 95.6 Å². The standard InChI is InChI=1S/C25H30ClN3O4S/c1-25(2)15-3-4-22(24(31)28-25)29(34(32,33)21-13-9-19(26)10-14-21)16-17-5-7-18(8-6-17)23(30)27-20-11-12-20/h5-10,13-14,20,22H,3-4,11-12,15-16H2,1-2H3,(H,27,30)(H,28,31). The average Bonchev–Trinajstić information content (AvgIpc) is 3.60. The van der Waals surface area contributed by atoms with Crippen molar-refractivity contribution >= 4 is 33.4 Å². The van der Waals surface area contributed by atoms with Crippen molar-refractivity contribution in [1.82, 2.24) is 14.9 Å². The Bertz CT molecular complexity index is 1160. The Morgan fingerprint density at radius 1 is 1.09 bits per heavy atom. The molecule has 4 rings (SSSR count). The Kier molecular flexibility index (Phi) is 7.03. The molecule has 1 saturated heterocycles. The van der Waals surface area contributed by atoms with Gasteiger partial charge in [0.15, 0.2) is 0 Å². The fraction of sp³-hybridized carbons (Fsp3) is 0.440. The SMILES string of the molecule is CC1(C)CCCC(N(Cc2ccc(C(=O)NC3CC3)cc2)S(=O)(=O)c2ccc(Cl)cc2)C(=O)N1. The van der Waals surface area contributed by atoms with Gasteiger partial charge in [-0.05, 0) is 87.9 Å². The number of sulfonamides is 1. The molecule has 2 aromatic carbocycles.